The van der Waals surface area contributed by atoms with Crippen molar-refractivity contribution in [3.8, 4) is 0 Å². The molecule has 28 heavy (non-hydrogen) atoms. The van der Waals surface area contributed by atoms with Crippen LogP contribution in [0, 0.1) is 10.9 Å². The maximum Gasteiger partial charge on any atom is 0.273 e. The highest BCUT2D eigenvalue weighted by atomic mass is 32.1. The predicted octanol–water partition coefficient (Wildman–Crippen LogP) is 4.73. The van der Waals surface area contributed by atoms with E-state index < -0.39 is 0 Å². The molecule has 0 saturated heterocycles. The number of aromatic nitrogens is 4. The van der Waals surface area contributed by atoms with E-state index in [1.165, 1.54) is 22.7 Å². The van der Waals surface area contributed by atoms with Crippen LogP contribution in [0.2, 0.25) is 0 Å². The van der Waals surface area contributed by atoms with Gasteiger partial charge in [0.15, 0.2) is 14.7 Å². The largest absolute Gasteiger partial charge is 0.331 e. The van der Waals surface area contributed by atoms with Gasteiger partial charge in [-0.05, 0) is 30.8 Å². The van der Waals surface area contributed by atoms with E-state index in [0.29, 0.717) is 27.4 Å². The summed E-state index contributed by atoms with van der Waals surface area (Å²) < 4.78 is 4.57. The molecule has 1 aromatic carbocycles. The molecule has 3 aromatic heterocycles. The average molecular weight is 428 g/mol. The number of anilines is 2. The fraction of sp³-hybridized carbons (Fsp3) is 0.158. The number of nitrogens with one attached hydrogen (secondary N) is 1. The molecule has 9 heteroatoms. The van der Waals surface area contributed by atoms with Crippen molar-refractivity contribution in [2.45, 2.75) is 20.0 Å². The molecule has 0 amide bonds. The lowest BCUT2D eigenvalue weighted by Crippen LogP contribution is -2.21. The molecule has 4 aromatic rings. The van der Waals surface area contributed by atoms with Gasteiger partial charge in [0, 0.05) is 17.6 Å². The summed E-state index contributed by atoms with van der Waals surface area (Å²) >= 11 is 8.14. The highest BCUT2D eigenvalue weighted by Crippen LogP contribution is 2.24. The Labute approximate surface area is 174 Å². The molecule has 0 saturated carbocycles. The maximum absolute atomic E-state index is 12.9. The first kappa shape index (κ1) is 18.7. The summed E-state index contributed by atoms with van der Waals surface area (Å²) in [6.07, 6.45) is 3.30. The number of allylic oxidation sites excluding steroid dienone is 1. The molecule has 0 spiro atoms. The van der Waals surface area contributed by atoms with Gasteiger partial charge in [-0.2, -0.15) is 0 Å². The number of thiazole rings is 2. The van der Waals surface area contributed by atoms with Crippen molar-refractivity contribution in [3.63, 3.8) is 0 Å². The fourth-order valence-electron chi connectivity index (χ4n) is 2.81. The monoisotopic (exact) mass is 427 g/mol. The van der Waals surface area contributed by atoms with Gasteiger partial charge in [0.25, 0.3) is 5.56 Å². The van der Waals surface area contributed by atoms with Crippen molar-refractivity contribution in [3.05, 3.63) is 74.2 Å². The third-order valence-electron chi connectivity index (χ3n) is 4.23. The van der Waals surface area contributed by atoms with Crippen LogP contribution in [0.4, 0.5) is 10.8 Å². The van der Waals surface area contributed by atoms with Crippen LogP contribution in [0.15, 0.2) is 53.4 Å². The standard InChI is InChI=1S/C19H17N5OS3/c1-3-8-24-16-15(28-19(24)26)17(25)23(11-20-16)9-13-10-27-18(21-13)22-14-7-5-4-6-12(14)2/h3-7,10-11H,1,8-9H2,2H3,(H,21,22). The minimum Gasteiger partial charge on any atom is -0.331 e. The SMILES string of the molecule is C=CCn1c(=S)sc2c(=O)n(Cc3csc(Nc4ccccc4C)n3)cnc21. The molecule has 4 rings (SSSR count). The summed E-state index contributed by atoms with van der Waals surface area (Å²) in [6, 6.07) is 8.04. The summed E-state index contributed by atoms with van der Waals surface area (Å²) in [5.74, 6) is 0. The lowest BCUT2D eigenvalue weighted by molar-refractivity contribution is 0.729. The van der Waals surface area contributed by atoms with Crippen LogP contribution in [0.1, 0.15) is 11.3 Å². The zero-order chi connectivity index (χ0) is 19.7. The Morgan fingerprint density at radius 2 is 2.18 bits per heavy atom. The summed E-state index contributed by atoms with van der Waals surface area (Å²) in [5, 5.41) is 6.06. The predicted molar refractivity (Wildman–Crippen MR) is 119 cm³/mol. The van der Waals surface area contributed by atoms with Crippen molar-refractivity contribution in [1.29, 1.82) is 0 Å². The first-order chi connectivity index (χ1) is 13.6. The number of fused-ring (bicyclic) bond motifs is 1. The zero-order valence-electron chi connectivity index (χ0n) is 15.1. The molecule has 0 aliphatic rings. The van der Waals surface area contributed by atoms with Gasteiger partial charge >= 0.3 is 0 Å². The van der Waals surface area contributed by atoms with Gasteiger partial charge in [-0.1, -0.05) is 35.6 Å². The number of hydrogen-bond donors (Lipinski definition) is 1. The molecule has 0 unspecified atom stereocenters. The van der Waals surface area contributed by atoms with Gasteiger partial charge < -0.3 is 9.88 Å². The van der Waals surface area contributed by atoms with Gasteiger partial charge in [-0.3, -0.25) is 9.36 Å². The Morgan fingerprint density at radius 1 is 1.36 bits per heavy atom. The number of rotatable bonds is 6. The molecule has 0 atom stereocenters. The van der Waals surface area contributed by atoms with Gasteiger partial charge in [-0.15, -0.1) is 17.9 Å². The molecule has 0 aliphatic heterocycles. The molecule has 0 bridgehead atoms. The van der Waals surface area contributed by atoms with Crippen molar-refractivity contribution < 1.29 is 0 Å². The highest BCUT2D eigenvalue weighted by Gasteiger charge is 2.13. The van der Waals surface area contributed by atoms with Gasteiger partial charge in [0.1, 0.15) is 11.0 Å². The molecular formula is C19H17N5OS3. The summed E-state index contributed by atoms with van der Waals surface area (Å²) in [7, 11) is 0. The van der Waals surface area contributed by atoms with E-state index in [9.17, 15) is 4.79 Å². The Hall–Kier alpha value is -2.62. The molecule has 3 heterocycles. The molecule has 0 radical (unpaired) electrons. The molecule has 0 fully saturated rings. The first-order valence-corrected chi connectivity index (χ1v) is 10.6. The van der Waals surface area contributed by atoms with Crippen LogP contribution in [0.5, 0.6) is 0 Å². The third kappa shape index (κ3) is 3.56. The zero-order valence-corrected chi connectivity index (χ0v) is 17.5. The summed E-state index contributed by atoms with van der Waals surface area (Å²) in [6.45, 7) is 6.67. The van der Waals surface area contributed by atoms with Crippen molar-refractivity contribution in [2.75, 3.05) is 5.32 Å². The van der Waals surface area contributed by atoms with Crippen LogP contribution in [0.25, 0.3) is 10.3 Å². The molecule has 0 aliphatic carbocycles. The number of nitrogens with zero attached hydrogens (tertiary/aromatic N) is 4. The van der Waals surface area contributed by atoms with Crippen LogP contribution >= 0.6 is 34.9 Å². The first-order valence-electron chi connectivity index (χ1n) is 8.53. The van der Waals surface area contributed by atoms with E-state index in [-0.39, 0.29) is 5.56 Å². The average Bonchev–Trinajstić information content (AvgIpc) is 3.25. The van der Waals surface area contributed by atoms with E-state index in [0.717, 1.165) is 22.1 Å². The van der Waals surface area contributed by atoms with Crippen molar-refractivity contribution in [2.24, 2.45) is 0 Å². The van der Waals surface area contributed by atoms with Crippen LogP contribution in [-0.4, -0.2) is 19.1 Å². The van der Waals surface area contributed by atoms with E-state index >= 15 is 0 Å². The van der Waals surface area contributed by atoms with E-state index in [1.807, 2.05) is 41.1 Å². The number of hydrogen-bond acceptors (Lipinski definition) is 7. The smallest absolute Gasteiger partial charge is 0.273 e. The second-order valence-electron chi connectivity index (χ2n) is 6.18. The molecular weight excluding hydrogens is 410 g/mol. The minimum atomic E-state index is -0.106. The van der Waals surface area contributed by atoms with Gasteiger partial charge in [-0.25, -0.2) is 9.97 Å². The fourth-order valence-corrected chi connectivity index (χ4v) is 4.84. The Morgan fingerprint density at radius 3 is 2.96 bits per heavy atom. The van der Waals surface area contributed by atoms with Crippen LogP contribution in [-0.2, 0) is 13.1 Å². The third-order valence-corrected chi connectivity index (χ3v) is 6.46. The van der Waals surface area contributed by atoms with Crippen molar-refractivity contribution in [1.82, 2.24) is 19.1 Å². The van der Waals surface area contributed by atoms with Crippen LogP contribution < -0.4 is 10.9 Å². The van der Waals surface area contributed by atoms with Gasteiger partial charge in [0.05, 0.1) is 12.2 Å². The number of aryl methyl sites for hydroxylation is 1. The Kier molecular flexibility index (Phi) is 5.21. The quantitative estimate of drug-likeness (QED) is 0.356. The van der Waals surface area contributed by atoms with E-state index in [4.69, 9.17) is 12.2 Å². The van der Waals surface area contributed by atoms with E-state index in [2.05, 4.69) is 21.9 Å². The second kappa shape index (κ2) is 7.78. The topological polar surface area (TPSA) is 64.7 Å². The number of para-hydroxylation sites is 1. The lowest BCUT2D eigenvalue weighted by Gasteiger charge is -2.06. The van der Waals surface area contributed by atoms with E-state index in [1.54, 1.807) is 17.0 Å². The van der Waals surface area contributed by atoms with Gasteiger partial charge in [0.2, 0.25) is 0 Å². The normalized spacial score (nSPS) is 11.0. The summed E-state index contributed by atoms with van der Waals surface area (Å²) in [5.41, 5.74) is 3.47. The number of benzene rings is 1. The summed E-state index contributed by atoms with van der Waals surface area (Å²) in [4.78, 5) is 21.9. The molecule has 142 valence electrons. The lowest BCUT2D eigenvalue weighted by atomic mass is 10.2. The maximum atomic E-state index is 12.9. The molecule has 1 N–H and O–H groups in total. The second-order valence-corrected chi connectivity index (χ2v) is 8.68. The highest BCUT2D eigenvalue weighted by molar-refractivity contribution is 7.73. The molecule has 6 nitrogen and oxygen atoms in total. The van der Waals surface area contributed by atoms with Crippen molar-refractivity contribution >= 4 is 56.1 Å². The minimum absolute atomic E-state index is 0.106. The van der Waals surface area contributed by atoms with Crippen LogP contribution in [0.3, 0.4) is 0 Å². The Bertz CT molecular complexity index is 1280. The Balaban J connectivity index is 1.61.